The number of carbonyl (C=O) groups excluding carboxylic acids is 1. The van der Waals surface area contributed by atoms with Gasteiger partial charge in [0.1, 0.15) is 23.7 Å². The number of halogens is 4. The minimum atomic E-state index is -5.11. The fourth-order valence-corrected chi connectivity index (χ4v) is 3.02. The van der Waals surface area contributed by atoms with E-state index in [9.17, 15) is 38.2 Å². The Hall–Kier alpha value is -4.20. The van der Waals surface area contributed by atoms with Gasteiger partial charge in [-0.15, -0.1) is 0 Å². The van der Waals surface area contributed by atoms with E-state index in [1.54, 1.807) is 0 Å². The van der Waals surface area contributed by atoms with E-state index in [1.165, 1.54) is 30.3 Å². The number of nitro benzene ring substituents is 1. The average Bonchev–Trinajstić information content (AvgIpc) is 3.06. The van der Waals surface area contributed by atoms with E-state index < -0.39 is 51.2 Å². The maximum absolute atomic E-state index is 13.1. The summed E-state index contributed by atoms with van der Waals surface area (Å²) < 4.78 is 45.3. The molecule has 1 aromatic heterocycles. The van der Waals surface area contributed by atoms with Crippen molar-refractivity contribution in [2.75, 3.05) is 5.32 Å². The molecule has 0 saturated heterocycles. The summed E-state index contributed by atoms with van der Waals surface area (Å²) in [7, 11) is 0. The summed E-state index contributed by atoms with van der Waals surface area (Å²) in [5.74, 6) is -0.661. The molecule has 0 spiro atoms. The van der Waals surface area contributed by atoms with Gasteiger partial charge in [0.25, 0.3) is 5.69 Å². The van der Waals surface area contributed by atoms with Gasteiger partial charge in [0, 0.05) is 17.2 Å². The van der Waals surface area contributed by atoms with Crippen LogP contribution in [0.4, 0.5) is 30.2 Å². The zero-order valence-electron chi connectivity index (χ0n) is 17.0. The number of hydrogen-bond acceptors (Lipinski definition) is 7. The Morgan fingerprint density at radius 2 is 1.76 bits per heavy atom. The number of nitro groups is 2. The highest BCUT2D eigenvalue weighted by atomic mass is 35.5. The van der Waals surface area contributed by atoms with Crippen molar-refractivity contribution in [2.45, 2.75) is 19.6 Å². The molecule has 0 fully saturated rings. The summed E-state index contributed by atoms with van der Waals surface area (Å²) in [6.45, 7) is 0.192. The first-order valence-electron chi connectivity index (χ1n) is 9.17. The Balaban J connectivity index is 1.86. The van der Waals surface area contributed by atoms with Crippen LogP contribution in [0.15, 0.2) is 42.5 Å². The zero-order chi connectivity index (χ0) is 25.2. The molecule has 0 aliphatic heterocycles. The third-order valence-electron chi connectivity index (χ3n) is 4.35. The predicted molar refractivity (Wildman–Crippen MR) is 112 cm³/mol. The Kier molecular flexibility index (Phi) is 6.72. The number of nitrogens with one attached hydrogen (secondary N) is 1. The lowest BCUT2D eigenvalue weighted by Gasteiger charge is -2.10. The molecule has 1 amide bonds. The van der Waals surface area contributed by atoms with Crippen LogP contribution in [0.25, 0.3) is 0 Å². The van der Waals surface area contributed by atoms with Crippen LogP contribution in [-0.4, -0.2) is 25.5 Å². The van der Waals surface area contributed by atoms with Crippen molar-refractivity contribution in [3.8, 4) is 11.5 Å². The minimum Gasteiger partial charge on any atom is -0.457 e. The van der Waals surface area contributed by atoms with E-state index >= 15 is 0 Å². The summed E-state index contributed by atoms with van der Waals surface area (Å²) in [6, 6.07) is 9.41. The van der Waals surface area contributed by atoms with Gasteiger partial charge in [-0.3, -0.25) is 29.7 Å². The van der Waals surface area contributed by atoms with Crippen LogP contribution in [0.1, 0.15) is 11.4 Å². The molecular formula is C19H13ClF3N5O6. The lowest BCUT2D eigenvalue weighted by atomic mass is 10.2. The molecule has 2 aromatic carbocycles. The van der Waals surface area contributed by atoms with E-state index in [1.807, 2.05) is 0 Å². The molecule has 11 nitrogen and oxygen atoms in total. The molecular weight excluding hydrogens is 487 g/mol. The van der Waals surface area contributed by atoms with Crippen molar-refractivity contribution in [3.63, 3.8) is 0 Å². The van der Waals surface area contributed by atoms with Gasteiger partial charge < -0.3 is 10.1 Å². The molecule has 0 radical (unpaired) electrons. The number of anilines is 1. The second kappa shape index (κ2) is 9.35. The molecule has 3 aromatic rings. The second-order valence-corrected chi connectivity index (χ2v) is 7.21. The summed E-state index contributed by atoms with van der Waals surface area (Å²) >= 11 is 5.80. The number of amides is 1. The molecule has 1 N–H and O–H groups in total. The van der Waals surface area contributed by atoms with Crippen LogP contribution < -0.4 is 10.1 Å². The number of ether oxygens (including phenoxy) is 1. The standard InChI is InChI=1S/C19H13ClF3N5O6/c1-10-17(28(32)33)18(19(21,22)23)25-26(10)9-16(29)24-12-6-13(27(30)31)8-15(7-12)34-14-4-2-11(20)3-5-14/h2-8H,9H2,1H3,(H,24,29). The molecule has 1 heterocycles. The highest BCUT2D eigenvalue weighted by Gasteiger charge is 2.44. The van der Waals surface area contributed by atoms with E-state index in [0.717, 1.165) is 19.1 Å². The topological polar surface area (TPSA) is 142 Å². The van der Waals surface area contributed by atoms with E-state index in [2.05, 4.69) is 10.4 Å². The number of non-ortho nitro benzene ring substituents is 1. The van der Waals surface area contributed by atoms with Crippen molar-refractivity contribution in [3.05, 3.63) is 79.1 Å². The Bertz CT molecular complexity index is 1280. The number of aromatic nitrogens is 2. The van der Waals surface area contributed by atoms with E-state index in [4.69, 9.17) is 16.3 Å². The van der Waals surface area contributed by atoms with Gasteiger partial charge in [0.2, 0.25) is 11.6 Å². The largest absolute Gasteiger partial charge is 0.457 e. The Labute approximate surface area is 193 Å². The third kappa shape index (κ3) is 5.58. The summed E-state index contributed by atoms with van der Waals surface area (Å²) in [5, 5.41) is 28.2. The molecule has 3 rings (SSSR count). The lowest BCUT2D eigenvalue weighted by Crippen LogP contribution is -2.21. The first-order chi connectivity index (χ1) is 15.8. The van der Waals surface area contributed by atoms with E-state index in [0.29, 0.717) is 15.5 Å². The smallest absolute Gasteiger partial charge is 0.442 e. The Morgan fingerprint density at radius 1 is 1.12 bits per heavy atom. The fraction of sp³-hybridized carbons (Fsp3) is 0.158. The van der Waals surface area contributed by atoms with Gasteiger partial charge in [-0.1, -0.05) is 11.6 Å². The summed E-state index contributed by atoms with van der Waals surface area (Å²) in [6.07, 6.45) is -5.11. The summed E-state index contributed by atoms with van der Waals surface area (Å²) in [5.41, 5.74) is -4.03. The van der Waals surface area contributed by atoms with Gasteiger partial charge in [-0.2, -0.15) is 18.3 Å². The van der Waals surface area contributed by atoms with Crippen LogP contribution in [0.5, 0.6) is 11.5 Å². The van der Waals surface area contributed by atoms with E-state index in [-0.39, 0.29) is 11.4 Å². The first kappa shape index (κ1) is 24.4. The van der Waals surface area contributed by atoms with Crippen LogP contribution >= 0.6 is 11.6 Å². The van der Waals surface area contributed by atoms with Crippen molar-refractivity contribution in [1.29, 1.82) is 0 Å². The van der Waals surface area contributed by atoms with Crippen LogP contribution in [0.2, 0.25) is 5.02 Å². The maximum atomic E-state index is 13.1. The first-order valence-corrected chi connectivity index (χ1v) is 9.54. The number of alkyl halides is 3. The molecule has 0 atom stereocenters. The molecule has 34 heavy (non-hydrogen) atoms. The second-order valence-electron chi connectivity index (χ2n) is 6.77. The number of nitrogens with zero attached hydrogens (tertiary/aromatic N) is 4. The van der Waals surface area contributed by atoms with Gasteiger partial charge in [0.15, 0.2) is 0 Å². The van der Waals surface area contributed by atoms with Gasteiger partial charge in [0.05, 0.1) is 21.6 Å². The normalized spacial score (nSPS) is 11.2. The van der Waals surface area contributed by atoms with Gasteiger partial charge in [-0.05, 0) is 31.2 Å². The summed E-state index contributed by atoms with van der Waals surface area (Å²) in [4.78, 5) is 32.8. The number of hydrogen-bond donors (Lipinski definition) is 1. The lowest BCUT2D eigenvalue weighted by molar-refractivity contribution is -0.388. The molecule has 15 heteroatoms. The minimum absolute atomic E-state index is 0.0166. The van der Waals surface area contributed by atoms with Crippen molar-refractivity contribution >= 4 is 34.6 Å². The third-order valence-corrected chi connectivity index (χ3v) is 4.61. The molecule has 0 unspecified atom stereocenters. The number of carbonyl (C=O) groups is 1. The van der Waals surface area contributed by atoms with Crippen molar-refractivity contribution < 1.29 is 32.5 Å². The molecule has 0 saturated carbocycles. The highest BCUT2D eigenvalue weighted by Crippen LogP contribution is 2.37. The SMILES string of the molecule is Cc1c([N+](=O)[O-])c(C(F)(F)F)nn1CC(=O)Nc1cc(Oc2ccc(Cl)cc2)cc([N+](=O)[O-])c1. The van der Waals surface area contributed by atoms with Crippen LogP contribution in [0, 0.1) is 27.2 Å². The zero-order valence-corrected chi connectivity index (χ0v) is 17.8. The molecule has 0 bridgehead atoms. The molecule has 178 valence electrons. The van der Waals surface area contributed by atoms with Gasteiger partial charge >= 0.3 is 11.9 Å². The monoisotopic (exact) mass is 499 g/mol. The molecule has 0 aliphatic rings. The maximum Gasteiger partial charge on any atom is 0.442 e. The Morgan fingerprint density at radius 3 is 2.29 bits per heavy atom. The fourth-order valence-electron chi connectivity index (χ4n) is 2.90. The number of benzene rings is 2. The quantitative estimate of drug-likeness (QED) is 0.351. The van der Waals surface area contributed by atoms with Gasteiger partial charge in [-0.25, -0.2) is 0 Å². The van der Waals surface area contributed by atoms with Crippen molar-refractivity contribution in [2.24, 2.45) is 0 Å². The number of rotatable bonds is 7. The predicted octanol–water partition coefficient (Wildman–Crippen LogP) is 5.11. The highest BCUT2D eigenvalue weighted by molar-refractivity contribution is 6.30. The van der Waals surface area contributed by atoms with Crippen molar-refractivity contribution in [1.82, 2.24) is 9.78 Å². The van der Waals surface area contributed by atoms with Crippen LogP contribution in [-0.2, 0) is 17.5 Å². The average molecular weight is 500 g/mol. The molecule has 0 aliphatic carbocycles. The van der Waals surface area contributed by atoms with Crippen LogP contribution in [0.3, 0.4) is 0 Å².